The first-order valence-corrected chi connectivity index (χ1v) is 6.86. The van der Waals surface area contributed by atoms with Gasteiger partial charge in [0.25, 0.3) is 5.91 Å². The first-order chi connectivity index (χ1) is 7.48. The molecular formula is C11H14BrNO2S. The van der Waals surface area contributed by atoms with Gasteiger partial charge in [0.1, 0.15) is 0 Å². The van der Waals surface area contributed by atoms with Crippen molar-refractivity contribution in [3.05, 3.63) is 20.8 Å². The van der Waals surface area contributed by atoms with Gasteiger partial charge in [0.05, 0.1) is 14.3 Å². The van der Waals surface area contributed by atoms with Gasteiger partial charge in [-0.15, -0.1) is 11.3 Å². The number of hydrogen-bond donors (Lipinski definition) is 1. The minimum atomic E-state index is -0.734. The van der Waals surface area contributed by atoms with Crippen molar-refractivity contribution in [1.29, 1.82) is 0 Å². The quantitative estimate of drug-likeness (QED) is 0.866. The van der Waals surface area contributed by atoms with E-state index in [0.717, 1.165) is 28.0 Å². The highest BCUT2D eigenvalue weighted by molar-refractivity contribution is 9.11. The molecule has 1 fully saturated rings. The molecule has 0 bridgehead atoms. The first-order valence-electron chi connectivity index (χ1n) is 5.25. The van der Waals surface area contributed by atoms with Crippen molar-refractivity contribution in [3.63, 3.8) is 0 Å². The smallest absolute Gasteiger partial charge is 0.264 e. The van der Waals surface area contributed by atoms with Crippen LogP contribution in [0.2, 0.25) is 0 Å². The number of likely N-dealkylation sites (tertiary alicyclic amines) is 1. The Balaban J connectivity index is 2.10. The van der Waals surface area contributed by atoms with E-state index in [1.54, 1.807) is 11.8 Å². The molecule has 1 aliphatic heterocycles. The third kappa shape index (κ3) is 2.64. The van der Waals surface area contributed by atoms with E-state index in [2.05, 4.69) is 15.9 Å². The van der Waals surface area contributed by atoms with Crippen LogP contribution in [-0.2, 0) is 0 Å². The Labute approximate surface area is 107 Å². The minimum Gasteiger partial charge on any atom is -0.388 e. The molecule has 1 aliphatic rings. The average Bonchev–Trinajstić information content (AvgIpc) is 2.62. The molecule has 0 radical (unpaired) electrons. The van der Waals surface area contributed by atoms with Gasteiger partial charge in [0.15, 0.2) is 0 Å². The Morgan fingerprint density at radius 3 is 2.94 bits per heavy atom. The maximum absolute atomic E-state index is 12.1. The number of carbonyl (C=O) groups is 1. The lowest BCUT2D eigenvalue weighted by atomic mass is 9.95. The average molecular weight is 304 g/mol. The maximum Gasteiger partial charge on any atom is 0.264 e. The van der Waals surface area contributed by atoms with Crippen LogP contribution in [0.15, 0.2) is 15.9 Å². The second kappa shape index (κ2) is 4.47. The SMILES string of the molecule is CC1(O)CCCN(C(=O)c2ccc(Br)s2)C1. The van der Waals surface area contributed by atoms with E-state index >= 15 is 0 Å². The van der Waals surface area contributed by atoms with Gasteiger partial charge < -0.3 is 10.0 Å². The summed E-state index contributed by atoms with van der Waals surface area (Å²) < 4.78 is 0.958. The van der Waals surface area contributed by atoms with Crippen molar-refractivity contribution in [2.45, 2.75) is 25.4 Å². The molecule has 1 amide bonds. The Morgan fingerprint density at radius 2 is 2.38 bits per heavy atom. The summed E-state index contributed by atoms with van der Waals surface area (Å²) in [5.41, 5.74) is -0.734. The summed E-state index contributed by atoms with van der Waals surface area (Å²) in [4.78, 5) is 14.6. The van der Waals surface area contributed by atoms with E-state index in [1.165, 1.54) is 11.3 Å². The molecule has 0 aromatic carbocycles. The van der Waals surface area contributed by atoms with Crippen LogP contribution in [0, 0.1) is 0 Å². The van der Waals surface area contributed by atoms with Gasteiger partial charge in [-0.2, -0.15) is 0 Å². The van der Waals surface area contributed by atoms with Gasteiger partial charge in [-0.05, 0) is 47.8 Å². The van der Waals surface area contributed by atoms with Gasteiger partial charge in [-0.25, -0.2) is 0 Å². The number of β-amino-alcohol motifs (C(OH)–C–C–N with tert-alkyl or cyclic N) is 1. The molecule has 0 saturated carbocycles. The summed E-state index contributed by atoms with van der Waals surface area (Å²) in [5, 5.41) is 9.95. The predicted molar refractivity (Wildman–Crippen MR) is 67.8 cm³/mol. The lowest BCUT2D eigenvalue weighted by Gasteiger charge is -2.36. The highest BCUT2D eigenvalue weighted by Crippen LogP contribution is 2.26. The monoisotopic (exact) mass is 303 g/mol. The van der Waals surface area contributed by atoms with E-state index in [9.17, 15) is 9.90 Å². The fraction of sp³-hybridized carbons (Fsp3) is 0.545. The Hall–Kier alpha value is -0.390. The number of aliphatic hydroxyl groups is 1. The largest absolute Gasteiger partial charge is 0.388 e. The molecule has 3 nitrogen and oxygen atoms in total. The Bertz CT molecular complexity index is 402. The van der Waals surface area contributed by atoms with Crippen molar-refractivity contribution < 1.29 is 9.90 Å². The van der Waals surface area contributed by atoms with E-state index in [4.69, 9.17) is 0 Å². The number of hydrogen-bond acceptors (Lipinski definition) is 3. The van der Waals surface area contributed by atoms with Gasteiger partial charge in [0.2, 0.25) is 0 Å². The Morgan fingerprint density at radius 1 is 1.62 bits per heavy atom. The zero-order valence-corrected chi connectivity index (χ0v) is 11.5. The summed E-state index contributed by atoms with van der Waals surface area (Å²) >= 11 is 4.78. The fourth-order valence-electron chi connectivity index (χ4n) is 1.98. The normalized spacial score (nSPS) is 25.8. The second-order valence-corrected chi connectivity index (χ2v) is 6.89. The highest BCUT2D eigenvalue weighted by atomic mass is 79.9. The molecule has 0 spiro atoms. The molecule has 1 N–H and O–H groups in total. The summed E-state index contributed by atoms with van der Waals surface area (Å²) in [5.74, 6) is 0.0238. The minimum absolute atomic E-state index is 0.0238. The summed E-state index contributed by atoms with van der Waals surface area (Å²) in [7, 11) is 0. The van der Waals surface area contributed by atoms with E-state index < -0.39 is 5.60 Å². The van der Waals surface area contributed by atoms with E-state index in [1.807, 2.05) is 12.1 Å². The third-order valence-corrected chi connectivity index (χ3v) is 4.36. The molecule has 2 heterocycles. The number of nitrogens with zero attached hydrogens (tertiary/aromatic N) is 1. The molecule has 5 heteroatoms. The number of rotatable bonds is 1. The third-order valence-electron chi connectivity index (χ3n) is 2.75. The number of carbonyl (C=O) groups excluding carboxylic acids is 1. The predicted octanol–water partition coefficient (Wildman–Crippen LogP) is 2.50. The van der Waals surface area contributed by atoms with Gasteiger partial charge in [0, 0.05) is 13.1 Å². The van der Waals surface area contributed by atoms with Gasteiger partial charge in [-0.3, -0.25) is 4.79 Å². The van der Waals surface area contributed by atoms with E-state index in [-0.39, 0.29) is 5.91 Å². The molecule has 88 valence electrons. The Kier molecular flexibility index (Phi) is 3.37. The van der Waals surface area contributed by atoms with Crippen molar-refractivity contribution in [2.75, 3.05) is 13.1 Å². The summed E-state index contributed by atoms with van der Waals surface area (Å²) in [6.45, 7) is 2.96. The molecule has 1 aromatic rings. The van der Waals surface area contributed by atoms with Crippen LogP contribution in [-0.4, -0.2) is 34.6 Å². The van der Waals surface area contributed by atoms with Crippen LogP contribution in [0.5, 0.6) is 0 Å². The lowest BCUT2D eigenvalue weighted by molar-refractivity contribution is -0.0105. The lowest BCUT2D eigenvalue weighted by Crippen LogP contribution is -2.48. The summed E-state index contributed by atoms with van der Waals surface area (Å²) in [6.07, 6.45) is 1.64. The highest BCUT2D eigenvalue weighted by Gasteiger charge is 2.31. The topological polar surface area (TPSA) is 40.5 Å². The van der Waals surface area contributed by atoms with Crippen LogP contribution in [0.1, 0.15) is 29.4 Å². The number of halogens is 1. The second-order valence-electron chi connectivity index (χ2n) is 4.43. The standard InChI is InChI=1S/C11H14BrNO2S/c1-11(15)5-2-6-13(7-11)10(14)8-3-4-9(12)16-8/h3-4,15H,2,5-7H2,1H3. The van der Waals surface area contributed by atoms with Gasteiger partial charge in [-0.1, -0.05) is 0 Å². The van der Waals surface area contributed by atoms with E-state index in [0.29, 0.717) is 6.54 Å². The fourth-order valence-corrected chi connectivity index (χ4v) is 3.33. The molecule has 2 rings (SSSR count). The number of amides is 1. The molecule has 1 saturated heterocycles. The van der Waals surface area contributed by atoms with Crippen molar-refractivity contribution in [3.8, 4) is 0 Å². The summed E-state index contributed by atoms with van der Waals surface area (Å²) in [6, 6.07) is 3.69. The molecule has 1 aromatic heterocycles. The maximum atomic E-state index is 12.1. The van der Waals surface area contributed by atoms with Crippen LogP contribution in [0.4, 0.5) is 0 Å². The van der Waals surface area contributed by atoms with Crippen LogP contribution in [0.25, 0.3) is 0 Å². The zero-order chi connectivity index (χ0) is 11.8. The molecule has 1 atom stereocenters. The molecular weight excluding hydrogens is 290 g/mol. The molecule has 0 aliphatic carbocycles. The van der Waals surface area contributed by atoms with Crippen molar-refractivity contribution >= 4 is 33.2 Å². The van der Waals surface area contributed by atoms with Crippen LogP contribution in [0.3, 0.4) is 0 Å². The number of thiophene rings is 1. The van der Waals surface area contributed by atoms with Crippen LogP contribution >= 0.6 is 27.3 Å². The van der Waals surface area contributed by atoms with Crippen molar-refractivity contribution in [2.24, 2.45) is 0 Å². The van der Waals surface area contributed by atoms with Crippen molar-refractivity contribution in [1.82, 2.24) is 4.90 Å². The van der Waals surface area contributed by atoms with Gasteiger partial charge >= 0.3 is 0 Å². The first kappa shape index (κ1) is 12.1. The zero-order valence-electron chi connectivity index (χ0n) is 9.07. The molecule has 1 unspecified atom stereocenters. The number of piperidine rings is 1. The van der Waals surface area contributed by atoms with Crippen LogP contribution < -0.4 is 0 Å². The molecule has 16 heavy (non-hydrogen) atoms.